The quantitative estimate of drug-likeness (QED) is 0.775. The molecule has 0 atom stereocenters. The minimum Gasteiger partial charge on any atom is -0.432 e. The van der Waals surface area contributed by atoms with Crippen LogP contribution in [0.5, 0.6) is 0 Å². The molecule has 20 heavy (non-hydrogen) atoms. The molecule has 4 nitrogen and oxygen atoms in total. The first-order chi connectivity index (χ1) is 9.74. The van der Waals surface area contributed by atoms with Crippen LogP contribution in [-0.4, -0.2) is 24.6 Å². The third-order valence-electron chi connectivity index (χ3n) is 4.52. The van der Waals surface area contributed by atoms with Crippen LogP contribution in [0.2, 0.25) is 0 Å². The minimum atomic E-state index is 0.591. The van der Waals surface area contributed by atoms with E-state index in [0.717, 1.165) is 37.1 Å². The molecule has 0 unspecified atom stereocenters. The Morgan fingerprint density at radius 2 is 2.05 bits per heavy atom. The average molecular weight is 279 g/mol. The lowest BCUT2D eigenvalue weighted by atomic mass is 9.84. The molecule has 1 N–H and O–H groups in total. The van der Waals surface area contributed by atoms with Crippen LogP contribution in [0.4, 0.5) is 6.01 Å². The zero-order valence-corrected chi connectivity index (χ0v) is 13.2. The van der Waals surface area contributed by atoms with Crippen molar-refractivity contribution in [1.82, 2.24) is 10.3 Å². The topological polar surface area (TPSA) is 41.3 Å². The zero-order chi connectivity index (χ0) is 14.4. The van der Waals surface area contributed by atoms with Crippen molar-refractivity contribution in [1.29, 1.82) is 0 Å². The fourth-order valence-corrected chi connectivity index (χ4v) is 3.03. The molecule has 1 heterocycles. The van der Waals surface area contributed by atoms with E-state index in [0.29, 0.717) is 6.04 Å². The SMILES string of the molecule is CCCNCc1coc(N(C)C2CCC(CC)CC2)n1. The maximum atomic E-state index is 5.64. The Morgan fingerprint density at radius 1 is 1.30 bits per heavy atom. The Balaban J connectivity index is 1.84. The van der Waals surface area contributed by atoms with Crippen LogP contribution < -0.4 is 10.2 Å². The van der Waals surface area contributed by atoms with Gasteiger partial charge < -0.3 is 14.6 Å². The number of hydrogen-bond acceptors (Lipinski definition) is 4. The van der Waals surface area contributed by atoms with Gasteiger partial charge in [0.15, 0.2) is 0 Å². The molecule has 1 saturated carbocycles. The third-order valence-corrected chi connectivity index (χ3v) is 4.52. The van der Waals surface area contributed by atoms with Crippen LogP contribution in [-0.2, 0) is 6.54 Å². The predicted molar refractivity (Wildman–Crippen MR) is 82.9 cm³/mol. The molecule has 1 aromatic rings. The molecule has 1 aromatic heterocycles. The van der Waals surface area contributed by atoms with E-state index in [1.807, 2.05) is 0 Å². The number of anilines is 1. The summed E-state index contributed by atoms with van der Waals surface area (Å²) in [6, 6.07) is 1.37. The highest BCUT2D eigenvalue weighted by Crippen LogP contribution is 2.30. The lowest BCUT2D eigenvalue weighted by Gasteiger charge is -2.33. The molecule has 0 amide bonds. The highest BCUT2D eigenvalue weighted by Gasteiger charge is 2.25. The first kappa shape index (κ1) is 15.4. The van der Waals surface area contributed by atoms with Crippen molar-refractivity contribution in [2.75, 3.05) is 18.5 Å². The van der Waals surface area contributed by atoms with Gasteiger partial charge in [-0.25, -0.2) is 0 Å². The van der Waals surface area contributed by atoms with Crippen molar-refractivity contribution in [3.63, 3.8) is 0 Å². The molecule has 0 aromatic carbocycles. The van der Waals surface area contributed by atoms with Crippen LogP contribution in [0.3, 0.4) is 0 Å². The largest absolute Gasteiger partial charge is 0.432 e. The molecule has 1 aliphatic rings. The molecule has 1 fully saturated rings. The molecule has 1 aliphatic carbocycles. The average Bonchev–Trinajstić information content (AvgIpc) is 2.96. The summed E-state index contributed by atoms with van der Waals surface area (Å²) in [5.41, 5.74) is 1.00. The van der Waals surface area contributed by atoms with Gasteiger partial charge in [-0.15, -0.1) is 0 Å². The molecule has 114 valence electrons. The van der Waals surface area contributed by atoms with E-state index < -0.39 is 0 Å². The first-order valence-corrected chi connectivity index (χ1v) is 8.12. The van der Waals surface area contributed by atoms with Gasteiger partial charge in [0.1, 0.15) is 6.26 Å². The van der Waals surface area contributed by atoms with E-state index in [2.05, 4.69) is 36.1 Å². The number of oxazole rings is 1. The van der Waals surface area contributed by atoms with E-state index in [4.69, 9.17) is 4.42 Å². The van der Waals surface area contributed by atoms with Gasteiger partial charge in [-0.1, -0.05) is 20.3 Å². The smallest absolute Gasteiger partial charge is 0.297 e. The minimum absolute atomic E-state index is 0.591. The molecular weight excluding hydrogens is 250 g/mol. The molecule has 0 bridgehead atoms. The van der Waals surface area contributed by atoms with Gasteiger partial charge in [0, 0.05) is 19.6 Å². The van der Waals surface area contributed by atoms with Gasteiger partial charge in [0.25, 0.3) is 6.01 Å². The molecule has 0 saturated heterocycles. The van der Waals surface area contributed by atoms with E-state index >= 15 is 0 Å². The number of nitrogens with zero attached hydrogens (tertiary/aromatic N) is 2. The Labute approximate surface area is 122 Å². The fourth-order valence-electron chi connectivity index (χ4n) is 3.03. The van der Waals surface area contributed by atoms with Gasteiger partial charge in [-0.3, -0.25) is 0 Å². The van der Waals surface area contributed by atoms with Crippen molar-refractivity contribution < 1.29 is 4.42 Å². The summed E-state index contributed by atoms with van der Waals surface area (Å²) in [6.07, 6.45) is 9.47. The second-order valence-electron chi connectivity index (χ2n) is 5.99. The summed E-state index contributed by atoms with van der Waals surface area (Å²) in [4.78, 5) is 6.82. The van der Waals surface area contributed by atoms with E-state index in [1.54, 1.807) is 6.26 Å². The lowest BCUT2D eigenvalue weighted by Crippen LogP contribution is -2.35. The first-order valence-electron chi connectivity index (χ1n) is 8.12. The van der Waals surface area contributed by atoms with E-state index in [-0.39, 0.29) is 0 Å². The summed E-state index contributed by atoms with van der Waals surface area (Å²) >= 11 is 0. The van der Waals surface area contributed by atoms with Crippen molar-refractivity contribution in [3.8, 4) is 0 Å². The normalized spacial score (nSPS) is 22.9. The number of nitrogens with one attached hydrogen (secondary N) is 1. The van der Waals surface area contributed by atoms with Gasteiger partial charge in [-0.2, -0.15) is 4.98 Å². The molecule has 4 heteroatoms. The van der Waals surface area contributed by atoms with Gasteiger partial charge in [0.05, 0.1) is 5.69 Å². The summed E-state index contributed by atoms with van der Waals surface area (Å²) < 4.78 is 5.64. The summed E-state index contributed by atoms with van der Waals surface area (Å²) in [7, 11) is 2.12. The van der Waals surface area contributed by atoms with Crippen LogP contribution in [0.25, 0.3) is 0 Å². The third kappa shape index (κ3) is 3.98. The molecule has 0 radical (unpaired) electrons. The van der Waals surface area contributed by atoms with Crippen molar-refractivity contribution in [2.24, 2.45) is 5.92 Å². The summed E-state index contributed by atoms with van der Waals surface area (Å²) in [6.45, 7) is 6.30. The second kappa shape index (κ2) is 7.67. The predicted octanol–water partition coefficient (Wildman–Crippen LogP) is 3.58. The molecular formula is C16H29N3O. The number of rotatable bonds is 7. The van der Waals surface area contributed by atoms with Crippen molar-refractivity contribution >= 4 is 6.01 Å². The van der Waals surface area contributed by atoms with Gasteiger partial charge in [-0.05, 0) is 44.6 Å². The van der Waals surface area contributed by atoms with Crippen LogP contribution in [0.15, 0.2) is 10.7 Å². The molecule has 0 spiro atoms. The van der Waals surface area contributed by atoms with Crippen LogP contribution in [0.1, 0.15) is 58.1 Å². The number of hydrogen-bond donors (Lipinski definition) is 1. The lowest BCUT2D eigenvalue weighted by molar-refractivity contribution is 0.307. The van der Waals surface area contributed by atoms with Gasteiger partial charge in [0.2, 0.25) is 0 Å². The standard InChI is InChI=1S/C16H29N3O/c1-4-10-17-11-14-12-20-16(18-14)19(3)15-8-6-13(5-2)7-9-15/h12-13,15,17H,4-11H2,1-3H3. The Bertz CT molecular complexity index is 383. The second-order valence-corrected chi connectivity index (χ2v) is 5.99. The Kier molecular flexibility index (Phi) is 5.89. The number of aromatic nitrogens is 1. The van der Waals surface area contributed by atoms with E-state index in [1.165, 1.54) is 32.1 Å². The van der Waals surface area contributed by atoms with E-state index in [9.17, 15) is 0 Å². The zero-order valence-electron chi connectivity index (χ0n) is 13.2. The summed E-state index contributed by atoms with van der Waals surface area (Å²) in [5, 5.41) is 3.36. The highest BCUT2D eigenvalue weighted by atomic mass is 16.4. The Hall–Kier alpha value is -1.03. The van der Waals surface area contributed by atoms with Crippen LogP contribution in [0, 0.1) is 5.92 Å². The molecule has 2 rings (SSSR count). The monoisotopic (exact) mass is 279 g/mol. The molecule has 0 aliphatic heterocycles. The van der Waals surface area contributed by atoms with Crippen LogP contribution >= 0.6 is 0 Å². The summed E-state index contributed by atoms with van der Waals surface area (Å²) in [5.74, 6) is 0.929. The Morgan fingerprint density at radius 3 is 2.70 bits per heavy atom. The fraction of sp³-hybridized carbons (Fsp3) is 0.812. The van der Waals surface area contributed by atoms with Gasteiger partial charge >= 0.3 is 0 Å². The maximum absolute atomic E-state index is 5.64. The highest BCUT2D eigenvalue weighted by molar-refractivity contribution is 5.27. The maximum Gasteiger partial charge on any atom is 0.297 e. The van der Waals surface area contributed by atoms with Crippen molar-refractivity contribution in [3.05, 3.63) is 12.0 Å². The van der Waals surface area contributed by atoms with Crippen molar-refractivity contribution in [2.45, 2.75) is 65.0 Å².